The molecule has 0 aromatic heterocycles. The normalized spacial score (nSPS) is 22.6. The molecule has 1 aliphatic rings. The summed E-state index contributed by atoms with van der Waals surface area (Å²) < 4.78 is 5.52. The predicted octanol–water partition coefficient (Wildman–Crippen LogP) is 5.34. The summed E-state index contributed by atoms with van der Waals surface area (Å²) in [6, 6.07) is 9.37. The van der Waals surface area contributed by atoms with Gasteiger partial charge in [-0.25, -0.2) is 9.69 Å². The van der Waals surface area contributed by atoms with E-state index in [9.17, 15) is 9.59 Å². The quantitative estimate of drug-likeness (QED) is 0.639. The molecule has 0 saturated carbocycles. The first-order valence-corrected chi connectivity index (χ1v) is 9.58. The molecule has 4 atom stereocenters. The van der Waals surface area contributed by atoms with Gasteiger partial charge in [-0.15, -0.1) is 0 Å². The predicted molar refractivity (Wildman–Crippen MR) is 99.1 cm³/mol. The highest BCUT2D eigenvalue weighted by molar-refractivity contribution is 5.95. The summed E-state index contributed by atoms with van der Waals surface area (Å²) >= 11 is 0. The van der Waals surface area contributed by atoms with Crippen LogP contribution in [0.5, 0.6) is 0 Å². The van der Waals surface area contributed by atoms with Crippen LogP contribution in [0.3, 0.4) is 0 Å². The monoisotopic (exact) mass is 345 g/mol. The molecule has 2 rings (SSSR count). The highest BCUT2D eigenvalue weighted by atomic mass is 16.6. The Morgan fingerprint density at radius 2 is 1.92 bits per heavy atom. The average molecular weight is 345 g/mol. The lowest BCUT2D eigenvalue weighted by atomic mass is 9.89. The molecule has 1 heterocycles. The minimum atomic E-state index is -0.508. The first-order valence-electron chi connectivity index (χ1n) is 9.58. The van der Waals surface area contributed by atoms with Gasteiger partial charge in [-0.1, -0.05) is 70.4 Å². The van der Waals surface area contributed by atoms with Crippen molar-refractivity contribution in [2.45, 2.75) is 71.9 Å². The van der Waals surface area contributed by atoms with E-state index in [1.807, 2.05) is 44.2 Å². The van der Waals surface area contributed by atoms with Crippen molar-refractivity contribution < 1.29 is 14.3 Å². The molecule has 0 bridgehead atoms. The first-order chi connectivity index (χ1) is 12.0. The van der Waals surface area contributed by atoms with Gasteiger partial charge in [0.05, 0.1) is 6.04 Å². The van der Waals surface area contributed by atoms with Gasteiger partial charge in [-0.2, -0.15) is 0 Å². The molecule has 2 amide bonds. The molecule has 4 unspecified atom stereocenters. The van der Waals surface area contributed by atoms with Crippen molar-refractivity contribution in [3.05, 3.63) is 35.9 Å². The molecular formula is C21H31NO3. The summed E-state index contributed by atoms with van der Waals surface area (Å²) in [5.74, 6) is 0.297. The highest BCUT2D eigenvalue weighted by Gasteiger charge is 2.44. The van der Waals surface area contributed by atoms with Crippen LogP contribution in [0.1, 0.15) is 71.5 Å². The van der Waals surface area contributed by atoms with Crippen molar-refractivity contribution in [2.24, 2.45) is 11.8 Å². The van der Waals surface area contributed by atoms with Crippen LogP contribution in [-0.4, -0.2) is 22.9 Å². The van der Waals surface area contributed by atoms with Gasteiger partial charge in [-0.3, -0.25) is 4.79 Å². The average Bonchev–Trinajstić information content (AvgIpc) is 2.92. The number of cyclic esters (lactones) is 1. The van der Waals surface area contributed by atoms with E-state index in [-0.39, 0.29) is 24.0 Å². The minimum Gasteiger partial charge on any atom is -0.439 e. The molecule has 0 radical (unpaired) electrons. The van der Waals surface area contributed by atoms with Crippen LogP contribution in [0.25, 0.3) is 0 Å². The zero-order valence-corrected chi connectivity index (χ0v) is 15.9. The molecule has 1 aliphatic heterocycles. The van der Waals surface area contributed by atoms with Crippen molar-refractivity contribution in [3.63, 3.8) is 0 Å². The first kappa shape index (κ1) is 19.5. The molecule has 25 heavy (non-hydrogen) atoms. The number of carbonyl (C=O) groups is 2. The fraction of sp³-hybridized carbons (Fsp3) is 0.619. The number of hydrogen-bond acceptors (Lipinski definition) is 3. The van der Waals surface area contributed by atoms with E-state index in [2.05, 4.69) is 13.8 Å². The fourth-order valence-corrected chi connectivity index (χ4v) is 3.64. The summed E-state index contributed by atoms with van der Waals surface area (Å²) in [5.41, 5.74) is 0.933. The topological polar surface area (TPSA) is 46.6 Å². The number of unbranched alkanes of at least 4 members (excludes halogenated alkanes) is 1. The maximum atomic E-state index is 13.0. The number of imide groups is 1. The molecule has 4 heteroatoms. The molecule has 1 saturated heterocycles. The second kappa shape index (κ2) is 9.02. The summed E-state index contributed by atoms with van der Waals surface area (Å²) in [6.45, 7) is 8.30. The van der Waals surface area contributed by atoms with Gasteiger partial charge in [0.1, 0.15) is 6.10 Å². The van der Waals surface area contributed by atoms with Crippen molar-refractivity contribution in [1.82, 2.24) is 4.90 Å². The van der Waals surface area contributed by atoms with Crippen LogP contribution in [0.4, 0.5) is 4.79 Å². The maximum absolute atomic E-state index is 13.0. The Hall–Kier alpha value is -1.84. The van der Waals surface area contributed by atoms with Crippen LogP contribution >= 0.6 is 0 Å². The molecule has 1 aromatic carbocycles. The van der Waals surface area contributed by atoms with Crippen molar-refractivity contribution in [3.8, 4) is 0 Å². The number of nitrogens with zero attached hydrogens (tertiary/aromatic N) is 1. The van der Waals surface area contributed by atoms with E-state index < -0.39 is 6.09 Å². The minimum absolute atomic E-state index is 0.0817. The Morgan fingerprint density at radius 1 is 1.24 bits per heavy atom. The van der Waals surface area contributed by atoms with Crippen LogP contribution in [0.2, 0.25) is 0 Å². The van der Waals surface area contributed by atoms with E-state index in [4.69, 9.17) is 4.74 Å². The Bertz CT molecular complexity index is 572. The van der Waals surface area contributed by atoms with Gasteiger partial charge >= 0.3 is 6.09 Å². The van der Waals surface area contributed by atoms with Crippen LogP contribution < -0.4 is 0 Å². The Morgan fingerprint density at radius 3 is 2.52 bits per heavy atom. The largest absolute Gasteiger partial charge is 0.439 e. The summed E-state index contributed by atoms with van der Waals surface area (Å²) in [4.78, 5) is 26.7. The van der Waals surface area contributed by atoms with E-state index in [0.29, 0.717) is 5.92 Å². The van der Waals surface area contributed by atoms with Gasteiger partial charge < -0.3 is 4.74 Å². The Labute approximate surface area is 151 Å². The van der Waals surface area contributed by atoms with Crippen LogP contribution in [0.15, 0.2) is 30.3 Å². The third-order valence-corrected chi connectivity index (χ3v) is 5.21. The molecule has 0 spiro atoms. The molecular weight excluding hydrogens is 314 g/mol. The van der Waals surface area contributed by atoms with E-state index >= 15 is 0 Å². The zero-order chi connectivity index (χ0) is 18.4. The van der Waals surface area contributed by atoms with Crippen molar-refractivity contribution in [1.29, 1.82) is 0 Å². The van der Waals surface area contributed by atoms with Gasteiger partial charge in [0.25, 0.3) is 0 Å². The third kappa shape index (κ3) is 4.62. The lowest BCUT2D eigenvalue weighted by Gasteiger charge is -2.25. The number of benzene rings is 1. The molecule has 138 valence electrons. The molecule has 1 aromatic rings. The van der Waals surface area contributed by atoms with E-state index in [1.165, 1.54) is 17.7 Å². The number of carbonyl (C=O) groups excluding carboxylic acids is 2. The maximum Gasteiger partial charge on any atom is 0.417 e. The SMILES string of the molecule is CCCCC(C)CC(CC)C(=O)N1C(=O)OC(c2ccccc2)C1C. The Balaban J connectivity index is 2.07. The summed E-state index contributed by atoms with van der Waals surface area (Å²) in [7, 11) is 0. The van der Waals surface area contributed by atoms with E-state index in [0.717, 1.165) is 24.8 Å². The molecule has 0 N–H and O–H groups in total. The number of amides is 2. The lowest BCUT2D eigenvalue weighted by molar-refractivity contribution is -0.134. The Kier molecular flexibility index (Phi) is 7.03. The molecule has 0 aliphatic carbocycles. The highest BCUT2D eigenvalue weighted by Crippen LogP contribution is 2.34. The van der Waals surface area contributed by atoms with E-state index in [1.54, 1.807) is 0 Å². The number of hydrogen-bond donors (Lipinski definition) is 0. The molecule has 1 fully saturated rings. The standard InChI is InChI=1S/C21H31NO3/c1-5-7-11-15(3)14-17(6-2)20(23)22-16(4)19(25-21(22)24)18-12-9-8-10-13-18/h8-10,12-13,15-17,19H,5-7,11,14H2,1-4H3. The third-order valence-electron chi connectivity index (χ3n) is 5.21. The van der Waals surface area contributed by atoms with Gasteiger partial charge in [0, 0.05) is 5.92 Å². The second-order valence-corrected chi connectivity index (χ2v) is 7.25. The van der Waals surface area contributed by atoms with Gasteiger partial charge in [-0.05, 0) is 31.2 Å². The van der Waals surface area contributed by atoms with Gasteiger partial charge in [0.2, 0.25) is 5.91 Å². The van der Waals surface area contributed by atoms with Crippen LogP contribution in [-0.2, 0) is 9.53 Å². The second-order valence-electron chi connectivity index (χ2n) is 7.25. The fourth-order valence-electron chi connectivity index (χ4n) is 3.64. The lowest BCUT2D eigenvalue weighted by Crippen LogP contribution is -2.42. The van der Waals surface area contributed by atoms with Crippen LogP contribution in [0, 0.1) is 11.8 Å². The van der Waals surface area contributed by atoms with Gasteiger partial charge in [0.15, 0.2) is 0 Å². The smallest absolute Gasteiger partial charge is 0.417 e. The number of rotatable bonds is 8. The van der Waals surface area contributed by atoms with Crippen molar-refractivity contribution in [2.75, 3.05) is 0 Å². The number of ether oxygens (including phenoxy) is 1. The zero-order valence-electron chi connectivity index (χ0n) is 15.9. The summed E-state index contributed by atoms with van der Waals surface area (Å²) in [6.07, 6.45) is 4.18. The summed E-state index contributed by atoms with van der Waals surface area (Å²) in [5, 5.41) is 0. The van der Waals surface area contributed by atoms with Crippen molar-refractivity contribution >= 4 is 12.0 Å². The molecule has 4 nitrogen and oxygen atoms in total.